The minimum atomic E-state index is -0.759. The number of nitrogens with one attached hydrogen (secondary N) is 2. The molecule has 0 atom stereocenters. The summed E-state index contributed by atoms with van der Waals surface area (Å²) in [5.41, 5.74) is 0.630. The number of halogens is 2. The largest absolute Gasteiger partial charge is 0.347 e. The molecule has 26 heavy (non-hydrogen) atoms. The Hall–Kier alpha value is -3.42. The number of para-hydroxylation sites is 1. The van der Waals surface area contributed by atoms with Crippen molar-refractivity contribution in [3.8, 4) is 0 Å². The van der Waals surface area contributed by atoms with Crippen LogP contribution in [-0.4, -0.2) is 20.9 Å². The van der Waals surface area contributed by atoms with Crippen molar-refractivity contribution in [2.24, 2.45) is 0 Å². The van der Waals surface area contributed by atoms with Crippen LogP contribution in [-0.2, 0) is 6.54 Å². The lowest BCUT2D eigenvalue weighted by atomic mass is 10.2. The molecule has 2 heterocycles. The number of nitrogens with zero attached hydrogens (tertiary/aromatic N) is 3. The van der Waals surface area contributed by atoms with Crippen LogP contribution >= 0.6 is 0 Å². The van der Waals surface area contributed by atoms with E-state index in [2.05, 4.69) is 25.6 Å². The summed E-state index contributed by atoms with van der Waals surface area (Å²) >= 11 is 0. The monoisotopic (exact) mass is 355 g/mol. The van der Waals surface area contributed by atoms with Crippen LogP contribution in [0.3, 0.4) is 0 Å². The highest BCUT2D eigenvalue weighted by Crippen LogP contribution is 2.22. The van der Waals surface area contributed by atoms with E-state index < -0.39 is 17.5 Å². The van der Waals surface area contributed by atoms with Crippen molar-refractivity contribution >= 4 is 17.4 Å². The quantitative estimate of drug-likeness (QED) is 0.735. The number of carbonyl (C=O) groups excluding carboxylic acids is 1. The lowest BCUT2D eigenvalue weighted by Crippen LogP contribution is -2.24. The minimum absolute atomic E-state index is 0.0887. The molecule has 132 valence electrons. The Morgan fingerprint density at radius 3 is 2.46 bits per heavy atom. The molecule has 0 aliphatic carbocycles. The van der Waals surface area contributed by atoms with E-state index in [0.717, 1.165) is 17.7 Å². The fourth-order valence-corrected chi connectivity index (χ4v) is 2.27. The zero-order valence-corrected chi connectivity index (χ0v) is 13.8. The fraction of sp³-hybridized carbons (Fsp3) is 0.111. The SMILES string of the molecule is Cc1nc(Nc2c(F)cccc2F)cc(C(=O)NCc2ccncc2)n1. The first kappa shape index (κ1) is 17.4. The fourth-order valence-electron chi connectivity index (χ4n) is 2.27. The Bertz CT molecular complexity index is 914. The van der Waals surface area contributed by atoms with E-state index in [9.17, 15) is 13.6 Å². The Labute approximate surface area is 148 Å². The number of amides is 1. The topological polar surface area (TPSA) is 79.8 Å². The predicted molar refractivity (Wildman–Crippen MR) is 91.8 cm³/mol. The van der Waals surface area contributed by atoms with Gasteiger partial charge >= 0.3 is 0 Å². The van der Waals surface area contributed by atoms with Crippen LogP contribution in [0.2, 0.25) is 0 Å². The van der Waals surface area contributed by atoms with E-state index >= 15 is 0 Å². The molecule has 3 aromatic rings. The maximum absolute atomic E-state index is 13.8. The Morgan fingerprint density at radius 2 is 1.77 bits per heavy atom. The molecular weight excluding hydrogens is 340 g/mol. The summed E-state index contributed by atoms with van der Waals surface area (Å²) in [4.78, 5) is 24.4. The van der Waals surface area contributed by atoms with Gasteiger partial charge in [0.15, 0.2) is 0 Å². The predicted octanol–water partition coefficient (Wildman–Crippen LogP) is 3.13. The van der Waals surface area contributed by atoms with Crippen LogP contribution in [0.1, 0.15) is 21.9 Å². The molecule has 8 heteroatoms. The van der Waals surface area contributed by atoms with Gasteiger partial charge in [-0.2, -0.15) is 0 Å². The molecule has 0 radical (unpaired) electrons. The Morgan fingerprint density at radius 1 is 1.08 bits per heavy atom. The van der Waals surface area contributed by atoms with E-state index in [-0.39, 0.29) is 17.2 Å². The van der Waals surface area contributed by atoms with Gasteiger partial charge in [-0.15, -0.1) is 0 Å². The zero-order valence-electron chi connectivity index (χ0n) is 13.8. The second-order valence-electron chi connectivity index (χ2n) is 5.45. The zero-order chi connectivity index (χ0) is 18.5. The van der Waals surface area contributed by atoms with E-state index in [1.54, 1.807) is 31.5 Å². The van der Waals surface area contributed by atoms with Gasteiger partial charge in [-0.1, -0.05) is 6.07 Å². The van der Waals surface area contributed by atoms with E-state index in [1.807, 2.05) is 0 Å². The number of aryl methyl sites for hydroxylation is 1. The number of pyridine rings is 1. The van der Waals surface area contributed by atoms with Crippen molar-refractivity contribution in [3.63, 3.8) is 0 Å². The van der Waals surface area contributed by atoms with Crippen LogP contribution in [0.15, 0.2) is 48.8 Å². The summed E-state index contributed by atoms with van der Waals surface area (Å²) in [6, 6.07) is 8.41. The molecule has 0 spiro atoms. The molecular formula is C18H15F2N5O. The van der Waals surface area contributed by atoms with Crippen LogP contribution in [0.5, 0.6) is 0 Å². The third-order valence-electron chi connectivity index (χ3n) is 3.49. The summed E-state index contributed by atoms with van der Waals surface area (Å²) in [5, 5.41) is 5.28. The number of carbonyl (C=O) groups is 1. The third-order valence-corrected chi connectivity index (χ3v) is 3.49. The normalized spacial score (nSPS) is 10.4. The maximum atomic E-state index is 13.8. The van der Waals surface area contributed by atoms with Gasteiger partial charge in [0.1, 0.15) is 34.7 Å². The second kappa shape index (κ2) is 7.64. The van der Waals surface area contributed by atoms with Gasteiger partial charge in [-0.25, -0.2) is 18.7 Å². The molecule has 0 aliphatic rings. The summed E-state index contributed by atoms with van der Waals surface area (Å²) in [6.45, 7) is 1.89. The van der Waals surface area contributed by atoms with Crippen LogP contribution in [0, 0.1) is 18.6 Å². The van der Waals surface area contributed by atoms with Crippen LogP contribution in [0.25, 0.3) is 0 Å². The van der Waals surface area contributed by atoms with Crippen LogP contribution in [0.4, 0.5) is 20.3 Å². The lowest BCUT2D eigenvalue weighted by molar-refractivity contribution is 0.0945. The van der Waals surface area contributed by atoms with Crippen molar-refractivity contribution in [1.29, 1.82) is 0 Å². The van der Waals surface area contributed by atoms with Crippen molar-refractivity contribution < 1.29 is 13.6 Å². The highest BCUT2D eigenvalue weighted by molar-refractivity contribution is 5.93. The summed E-state index contributed by atoms with van der Waals surface area (Å²) in [6.07, 6.45) is 3.25. The number of aromatic nitrogens is 3. The van der Waals surface area contributed by atoms with E-state index in [0.29, 0.717) is 12.4 Å². The first-order valence-electron chi connectivity index (χ1n) is 7.77. The number of benzene rings is 1. The van der Waals surface area contributed by atoms with E-state index in [4.69, 9.17) is 0 Å². The molecule has 0 aliphatic heterocycles. The molecule has 2 aromatic heterocycles. The second-order valence-corrected chi connectivity index (χ2v) is 5.45. The average molecular weight is 355 g/mol. The summed E-state index contributed by atoms with van der Waals surface area (Å²) in [7, 11) is 0. The minimum Gasteiger partial charge on any atom is -0.347 e. The molecule has 0 saturated heterocycles. The van der Waals surface area contributed by atoms with Gasteiger partial charge in [0.2, 0.25) is 0 Å². The van der Waals surface area contributed by atoms with Gasteiger partial charge in [-0.3, -0.25) is 9.78 Å². The maximum Gasteiger partial charge on any atom is 0.270 e. The molecule has 1 aromatic carbocycles. The summed E-state index contributed by atoms with van der Waals surface area (Å²) in [5.74, 6) is -1.53. The lowest BCUT2D eigenvalue weighted by Gasteiger charge is -2.10. The molecule has 0 unspecified atom stereocenters. The standard InChI is InChI=1S/C18H15F2N5O/c1-11-23-15(18(26)22-10-12-5-7-21-8-6-12)9-16(24-11)25-17-13(19)3-2-4-14(17)20/h2-9H,10H2,1H3,(H,22,26)(H,23,24,25). The molecule has 3 rings (SSSR count). The summed E-state index contributed by atoms with van der Waals surface area (Å²) < 4.78 is 27.5. The van der Waals surface area contributed by atoms with E-state index in [1.165, 1.54) is 12.1 Å². The van der Waals surface area contributed by atoms with Crippen LogP contribution < -0.4 is 10.6 Å². The van der Waals surface area contributed by atoms with Crippen molar-refractivity contribution in [2.75, 3.05) is 5.32 Å². The first-order chi connectivity index (χ1) is 12.5. The third kappa shape index (κ3) is 4.15. The molecule has 2 N–H and O–H groups in total. The molecule has 0 fully saturated rings. The smallest absolute Gasteiger partial charge is 0.270 e. The van der Waals surface area contributed by atoms with Crippen molar-refractivity contribution in [3.05, 3.63) is 77.5 Å². The number of hydrogen-bond donors (Lipinski definition) is 2. The number of rotatable bonds is 5. The molecule has 0 bridgehead atoms. The highest BCUT2D eigenvalue weighted by Gasteiger charge is 2.13. The average Bonchev–Trinajstić information content (AvgIpc) is 2.63. The Balaban J connectivity index is 1.78. The van der Waals surface area contributed by atoms with Gasteiger partial charge < -0.3 is 10.6 Å². The Kier molecular flexibility index (Phi) is 5.12. The number of hydrogen-bond acceptors (Lipinski definition) is 5. The van der Waals surface area contributed by atoms with Gasteiger partial charge in [0.05, 0.1) is 0 Å². The van der Waals surface area contributed by atoms with Crippen molar-refractivity contribution in [1.82, 2.24) is 20.3 Å². The van der Waals surface area contributed by atoms with Gasteiger partial charge in [0.25, 0.3) is 5.91 Å². The van der Waals surface area contributed by atoms with Gasteiger partial charge in [0, 0.05) is 25.0 Å². The highest BCUT2D eigenvalue weighted by atomic mass is 19.1. The number of anilines is 2. The molecule has 1 amide bonds. The molecule has 6 nitrogen and oxygen atoms in total. The van der Waals surface area contributed by atoms with Gasteiger partial charge in [-0.05, 0) is 36.8 Å². The van der Waals surface area contributed by atoms with Crippen molar-refractivity contribution in [2.45, 2.75) is 13.5 Å². The first-order valence-corrected chi connectivity index (χ1v) is 7.77. The molecule has 0 saturated carbocycles.